The van der Waals surface area contributed by atoms with Crippen LogP contribution in [-0.2, 0) is 9.59 Å². The number of pyridine rings is 1. The number of guanidine groups is 1. The van der Waals surface area contributed by atoms with Gasteiger partial charge in [-0.15, -0.1) is 0 Å². The van der Waals surface area contributed by atoms with Crippen molar-refractivity contribution in [2.75, 3.05) is 25.0 Å². The maximum atomic E-state index is 12.5. The summed E-state index contributed by atoms with van der Waals surface area (Å²) in [6.45, 7) is -0.132. The van der Waals surface area contributed by atoms with Crippen LogP contribution in [0.1, 0.15) is 28.4 Å². The van der Waals surface area contributed by atoms with Crippen molar-refractivity contribution in [1.29, 1.82) is 0 Å². The number of nitrogens with one attached hydrogen (secondary N) is 5. The van der Waals surface area contributed by atoms with Crippen LogP contribution in [0.3, 0.4) is 0 Å². The number of hydrogen-bond acceptors (Lipinski definition) is 9. The lowest BCUT2D eigenvalue weighted by Crippen LogP contribution is -2.43. The summed E-state index contributed by atoms with van der Waals surface area (Å²) in [4.78, 5) is 54.9. The summed E-state index contributed by atoms with van der Waals surface area (Å²) in [5, 5.41) is 39.3. The third kappa shape index (κ3) is 7.19. The Bertz CT molecular complexity index is 1270. The zero-order valence-electron chi connectivity index (χ0n) is 18.5. The minimum absolute atomic E-state index is 0.0123. The van der Waals surface area contributed by atoms with Gasteiger partial charge in [0.15, 0.2) is 5.96 Å². The Labute approximate surface area is 217 Å². The van der Waals surface area contributed by atoms with Gasteiger partial charge >= 0.3 is 5.97 Å². The molecule has 15 heteroatoms. The Morgan fingerprint density at radius 3 is 2.69 bits per heavy atom. The van der Waals surface area contributed by atoms with Crippen LogP contribution in [0.15, 0.2) is 38.7 Å². The number of amides is 2. The number of carbonyl (C=O) groups excluding carboxylic acids is 2. The van der Waals surface area contributed by atoms with Gasteiger partial charge < -0.3 is 41.6 Å². The van der Waals surface area contributed by atoms with E-state index in [-0.39, 0.29) is 46.6 Å². The zero-order valence-corrected chi connectivity index (χ0v) is 20.8. The molecule has 1 aromatic heterocycles. The minimum atomic E-state index is -1.24. The Balaban J connectivity index is 1.66. The van der Waals surface area contributed by atoms with Crippen molar-refractivity contribution in [2.24, 2.45) is 4.99 Å². The van der Waals surface area contributed by atoms with Crippen LogP contribution in [0.5, 0.6) is 5.75 Å². The molecule has 2 heterocycles. The number of halogens is 2. The number of β-amino-alcohol motifs (C(OH)–C–C–N with tert-alkyl or cyclic N) is 1. The molecule has 1 aromatic carbocycles. The molecule has 2 aromatic rings. The number of H-pyrrole nitrogens is 1. The van der Waals surface area contributed by atoms with Crippen molar-refractivity contribution in [3.05, 3.63) is 55.4 Å². The number of aromatic nitrogens is 1. The van der Waals surface area contributed by atoms with Crippen LogP contribution in [0.2, 0.25) is 5.02 Å². The van der Waals surface area contributed by atoms with Gasteiger partial charge in [0.25, 0.3) is 11.5 Å². The van der Waals surface area contributed by atoms with Crippen LogP contribution >= 0.6 is 27.5 Å². The number of aromatic hydroxyl groups is 1. The van der Waals surface area contributed by atoms with Crippen LogP contribution < -0.4 is 26.8 Å². The van der Waals surface area contributed by atoms with Gasteiger partial charge in [-0.25, -0.2) is 0 Å². The van der Waals surface area contributed by atoms with E-state index in [1.807, 2.05) is 0 Å². The molecule has 2 atom stereocenters. The van der Waals surface area contributed by atoms with E-state index in [0.29, 0.717) is 4.47 Å². The number of phenols is 1. The number of aliphatic hydroxyl groups excluding tert-OH is 1. The van der Waals surface area contributed by atoms with E-state index >= 15 is 0 Å². The van der Waals surface area contributed by atoms with Crippen LogP contribution in [0.4, 0.5) is 5.69 Å². The fraction of sp³-hybridized carbons (Fsp3) is 0.286. The summed E-state index contributed by atoms with van der Waals surface area (Å²) < 4.78 is 0.464. The van der Waals surface area contributed by atoms with Crippen molar-refractivity contribution in [3.8, 4) is 5.75 Å². The van der Waals surface area contributed by atoms with Gasteiger partial charge in [-0.05, 0) is 18.2 Å². The van der Waals surface area contributed by atoms with E-state index in [0.717, 1.165) is 6.20 Å². The highest BCUT2D eigenvalue weighted by Crippen LogP contribution is 2.36. The van der Waals surface area contributed by atoms with E-state index in [1.165, 1.54) is 18.2 Å². The first kappa shape index (κ1) is 27.0. The van der Waals surface area contributed by atoms with Crippen molar-refractivity contribution in [3.63, 3.8) is 0 Å². The number of aromatic amines is 1. The fourth-order valence-electron chi connectivity index (χ4n) is 3.22. The average molecular weight is 586 g/mol. The Morgan fingerprint density at radius 1 is 1.28 bits per heavy atom. The number of carboxylic acids is 1. The molecule has 1 aliphatic rings. The third-order valence-electron chi connectivity index (χ3n) is 4.94. The highest BCUT2D eigenvalue weighted by Gasteiger charge is 2.23. The van der Waals surface area contributed by atoms with Crippen molar-refractivity contribution >= 4 is 57.0 Å². The molecule has 2 amide bonds. The summed E-state index contributed by atoms with van der Waals surface area (Å²) >= 11 is 9.15. The van der Waals surface area contributed by atoms with Crippen LogP contribution in [0.25, 0.3) is 0 Å². The number of rotatable bonds is 8. The lowest BCUT2D eigenvalue weighted by Gasteiger charge is -2.20. The molecule has 1 aliphatic heterocycles. The quantitative estimate of drug-likeness (QED) is 0.214. The van der Waals surface area contributed by atoms with Gasteiger partial charge in [0.2, 0.25) is 5.91 Å². The Kier molecular flexibility index (Phi) is 8.90. The maximum absolute atomic E-state index is 12.5. The van der Waals surface area contributed by atoms with Gasteiger partial charge in [-0.2, -0.15) is 0 Å². The molecule has 0 fully saturated rings. The summed E-state index contributed by atoms with van der Waals surface area (Å²) in [6.07, 6.45) is -0.0317. The lowest BCUT2D eigenvalue weighted by molar-refractivity contribution is -0.137. The largest absolute Gasteiger partial charge is 0.506 e. The molecule has 192 valence electrons. The predicted octanol–water partition coefficient (Wildman–Crippen LogP) is 0.290. The molecule has 3 rings (SSSR count). The van der Waals surface area contributed by atoms with E-state index in [9.17, 15) is 34.5 Å². The van der Waals surface area contributed by atoms with E-state index < -0.39 is 48.5 Å². The SMILES string of the molecule is O=C(O)C[C@H](NC(=O)CNC(=O)c1c[nH]c(=O)c(NC2=NCC(O)CN2)c1)c1cc(Br)cc(Cl)c1O. The topological polar surface area (TPSA) is 205 Å². The van der Waals surface area contributed by atoms with Gasteiger partial charge in [0.05, 0.1) is 42.2 Å². The minimum Gasteiger partial charge on any atom is -0.506 e. The molecule has 0 spiro atoms. The number of phenolic OH excluding ortho intramolecular Hbond substituents is 1. The van der Waals surface area contributed by atoms with Gasteiger partial charge in [-0.1, -0.05) is 27.5 Å². The Morgan fingerprint density at radius 2 is 2.03 bits per heavy atom. The normalized spacial score (nSPS) is 15.8. The zero-order chi connectivity index (χ0) is 26.4. The van der Waals surface area contributed by atoms with Crippen molar-refractivity contribution < 1.29 is 29.7 Å². The second-order valence-corrected chi connectivity index (χ2v) is 9.03. The summed E-state index contributed by atoms with van der Waals surface area (Å²) in [5.74, 6) is -2.79. The van der Waals surface area contributed by atoms with Gasteiger partial charge in [0, 0.05) is 22.8 Å². The second kappa shape index (κ2) is 11.9. The highest BCUT2D eigenvalue weighted by atomic mass is 79.9. The monoisotopic (exact) mass is 584 g/mol. The first-order valence-corrected chi connectivity index (χ1v) is 11.6. The molecule has 1 unspecified atom stereocenters. The summed E-state index contributed by atoms with van der Waals surface area (Å²) in [5.41, 5.74) is -0.401. The number of carboxylic acid groups (broad SMARTS) is 1. The van der Waals surface area contributed by atoms with Gasteiger partial charge in [-0.3, -0.25) is 24.2 Å². The predicted molar refractivity (Wildman–Crippen MR) is 133 cm³/mol. The van der Waals surface area contributed by atoms with Crippen LogP contribution in [0, 0.1) is 0 Å². The molecule has 8 N–H and O–H groups in total. The van der Waals surface area contributed by atoms with Gasteiger partial charge in [0.1, 0.15) is 11.4 Å². The van der Waals surface area contributed by atoms with Crippen molar-refractivity contribution in [1.82, 2.24) is 20.9 Å². The molecule has 0 aliphatic carbocycles. The number of aliphatic imine (C=N–C) groups is 1. The van der Waals surface area contributed by atoms with E-state index in [2.05, 4.69) is 47.2 Å². The molecule has 0 bridgehead atoms. The smallest absolute Gasteiger partial charge is 0.305 e. The van der Waals surface area contributed by atoms with Crippen molar-refractivity contribution in [2.45, 2.75) is 18.6 Å². The molecule has 0 radical (unpaired) electrons. The summed E-state index contributed by atoms with van der Waals surface area (Å²) in [7, 11) is 0. The third-order valence-corrected chi connectivity index (χ3v) is 5.69. The number of aliphatic hydroxyl groups is 1. The number of anilines is 1. The summed E-state index contributed by atoms with van der Waals surface area (Å²) in [6, 6.07) is 2.96. The number of hydrogen-bond donors (Lipinski definition) is 8. The standard InChI is InChI=1S/C21H22BrClN6O7/c22-10-2-12(18(34)13(23)3-10)14(4-17(32)33)28-16(31)8-25-19(35)9-1-15(20(36)24-5-9)29-21-26-6-11(30)7-27-21/h1-3,5,11,14,30,34H,4,6-8H2,(H,24,36)(H,25,35)(H,28,31)(H,32,33)(H2,26,27,29)/t14-/m0/s1. The maximum Gasteiger partial charge on any atom is 0.305 e. The number of aliphatic carboxylic acids is 1. The molecular formula is C21H22BrClN6O7. The molecule has 13 nitrogen and oxygen atoms in total. The Hall–Kier alpha value is -3.62. The number of carbonyl (C=O) groups is 3. The first-order chi connectivity index (χ1) is 17.0. The molecular weight excluding hydrogens is 564 g/mol. The fourth-order valence-corrected chi connectivity index (χ4v) is 4.06. The molecule has 0 saturated heterocycles. The second-order valence-electron chi connectivity index (χ2n) is 7.71. The lowest BCUT2D eigenvalue weighted by atomic mass is 10.0. The highest BCUT2D eigenvalue weighted by molar-refractivity contribution is 9.10. The first-order valence-electron chi connectivity index (χ1n) is 10.5. The van der Waals surface area contributed by atoms with Crippen LogP contribution in [-0.4, -0.2) is 69.8 Å². The van der Waals surface area contributed by atoms with E-state index in [1.54, 1.807) is 0 Å². The average Bonchev–Trinajstić information content (AvgIpc) is 2.82. The number of benzene rings is 1. The molecule has 0 saturated carbocycles. The number of nitrogens with zero attached hydrogens (tertiary/aromatic N) is 1. The van der Waals surface area contributed by atoms with E-state index in [4.69, 9.17) is 11.6 Å². The molecule has 36 heavy (non-hydrogen) atoms.